The fourth-order valence-electron chi connectivity index (χ4n) is 2.31. The highest BCUT2D eigenvalue weighted by atomic mass is 35.5. The topological polar surface area (TPSA) is 72.6 Å². The standard InChI is InChI=1S/C19H12Cl2FNO3/c20-15-7-12(23)8-16(21)19(15)26-13-5-6-17(24)14(9-13)18(25)10-1-3-11(22)4-2-10/h1-9,24H,23H2. The van der Waals surface area contributed by atoms with Crippen LogP contribution in [-0.2, 0) is 0 Å². The number of aromatic hydroxyl groups is 1. The van der Waals surface area contributed by atoms with E-state index in [1.54, 1.807) is 0 Å². The van der Waals surface area contributed by atoms with Gasteiger partial charge in [0.2, 0.25) is 0 Å². The van der Waals surface area contributed by atoms with Crippen molar-refractivity contribution in [3.05, 3.63) is 81.6 Å². The summed E-state index contributed by atoms with van der Waals surface area (Å²) in [5.74, 6) is -0.769. The highest BCUT2D eigenvalue weighted by Gasteiger charge is 2.17. The molecule has 0 saturated carbocycles. The van der Waals surface area contributed by atoms with Crippen LogP contribution in [0, 0.1) is 5.82 Å². The minimum Gasteiger partial charge on any atom is -0.507 e. The molecule has 0 fully saturated rings. The second kappa shape index (κ2) is 7.23. The normalized spacial score (nSPS) is 10.6. The lowest BCUT2D eigenvalue weighted by Gasteiger charge is -2.12. The van der Waals surface area contributed by atoms with Gasteiger partial charge in [0.25, 0.3) is 0 Å². The van der Waals surface area contributed by atoms with E-state index >= 15 is 0 Å². The molecule has 0 unspecified atom stereocenters. The van der Waals surface area contributed by atoms with Crippen molar-refractivity contribution in [2.24, 2.45) is 0 Å². The number of hydrogen-bond donors (Lipinski definition) is 2. The molecule has 0 heterocycles. The molecule has 0 aliphatic rings. The van der Waals surface area contributed by atoms with E-state index in [0.29, 0.717) is 5.69 Å². The molecule has 0 aliphatic heterocycles. The van der Waals surface area contributed by atoms with Gasteiger partial charge in [-0.1, -0.05) is 23.2 Å². The molecule has 0 saturated heterocycles. The van der Waals surface area contributed by atoms with E-state index in [-0.39, 0.29) is 38.4 Å². The predicted octanol–water partition coefficient (Wildman–Crippen LogP) is 5.44. The van der Waals surface area contributed by atoms with Crippen molar-refractivity contribution < 1.29 is 19.0 Å². The van der Waals surface area contributed by atoms with Crippen LogP contribution in [0.25, 0.3) is 0 Å². The van der Waals surface area contributed by atoms with Crippen LogP contribution in [-0.4, -0.2) is 10.9 Å². The van der Waals surface area contributed by atoms with Crippen molar-refractivity contribution in [1.82, 2.24) is 0 Å². The highest BCUT2D eigenvalue weighted by Crippen LogP contribution is 2.39. The smallest absolute Gasteiger partial charge is 0.196 e. The van der Waals surface area contributed by atoms with E-state index in [2.05, 4.69) is 0 Å². The molecule has 0 atom stereocenters. The van der Waals surface area contributed by atoms with E-state index in [1.807, 2.05) is 0 Å². The number of phenolic OH excluding ortho intramolecular Hbond substituents is 1. The van der Waals surface area contributed by atoms with E-state index in [0.717, 1.165) is 0 Å². The maximum atomic E-state index is 13.0. The lowest BCUT2D eigenvalue weighted by atomic mass is 10.0. The number of hydrogen-bond acceptors (Lipinski definition) is 4. The largest absolute Gasteiger partial charge is 0.507 e. The summed E-state index contributed by atoms with van der Waals surface area (Å²) in [6.07, 6.45) is 0. The summed E-state index contributed by atoms with van der Waals surface area (Å²) >= 11 is 12.2. The number of ketones is 1. The first-order valence-corrected chi connectivity index (χ1v) is 8.16. The number of nitrogens with two attached hydrogens (primary N) is 1. The van der Waals surface area contributed by atoms with Crippen LogP contribution in [0.3, 0.4) is 0 Å². The molecule has 4 nitrogen and oxygen atoms in total. The van der Waals surface area contributed by atoms with Crippen LogP contribution in [0.15, 0.2) is 54.6 Å². The third-order valence-corrected chi connectivity index (χ3v) is 4.12. The lowest BCUT2D eigenvalue weighted by molar-refractivity contribution is 0.103. The minimum atomic E-state index is -0.484. The number of carbonyl (C=O) groups excluding carboxylic acids is 1. The Morgan fingerprint density at radius 2 is 1.62 bits per heavy atom. The van der Waals surface area contributed by atoms with Crippen molar-refractivity contribution in [1.29, 1.82) is 0 Å². The molecule has 0 radical (unpaired) electrons. The first kappa shape index (κ1) is 18.0. The predicted molar refractivity (Wildman–Crippen MR) is 98.9 cm³/mol. The molecule has 3 N–H and O–H groups in total. The highest BCUT2D eigenvalue weighted by molar-refractivity contribution is 6.37. The van der Waals surface area contributed by atoms with Gasteiger partial charge >= 0.3 is 0 Å². The number of anilines is 1. The molecule has 3 aromatic carbocycles. The lowest BCUT2D eigenvalue weighted by Crippen LogP contribution is -2.02. The quantitative estimate of drug-likeness (QED) is 0.458. The van der Waals surface area contributed by atoms with Crippen molar-refractivity contribution in [3.8, 4) is 17.2 Å². The Hall–Kier alpha value is -2.76. The van der Waals surface area contributed by atoms with E-state index in [4.69, 9.17) is 33.7 Å². The van der Waals surface area contributed by atoms with Crippen molar-refractivity contribution in [3.63, 3.8) is 0 Å². The van der Waals surface area contributed by atoms with Gasteiger partial charge in [0.05, 0.1) is 15.6 Å². The van der Waals surface area contributed by atoms with Crippen molar-refractivity contribution in [2.45, 2.75) is 0 Å². The molecule has 26 heavy (non-hydrogen) atoms. The van der Waals surface area contributed by atoms with Crippen LogP contribution < -0.4 is 10.5 Å². The Balaban J connectivity index is 1.96. The van der Waals surface area contributed by atoms with Gasteiger partial charge in [0.1, 0.15) is 17.3 Å². The number of carbonyl (C=O) groups is 1. The Labute approximate surface area is 158 Å². The van der Waals surface area contributed by atoms with Gasteiger partial charge in [-0.2, -0.15) is 0 Å². The molecule has 0 spiro atoms. The monoisotopic (exact) mass is 391 g/mol. The number of phenols is 1. The zero-order valence-electron chi connectivity index (χ0n) is 13.2. The Kier molecular flexibility index (Phi) is 5.02. The zero-order chi connectivity index (χ0) is 18.8. The third kappa shape index (κ3) is 3.74. The summed E-state index contributed by atoms with van der Waals surface area (Å²) < 4.78 is 18.7. The van der Waals surface area contributed by atoms with Gasteiger partial charge in [0.15, 0.2) is 11.5 Å². The molecule has 0 aromatic heterocycles. The Morgan fingerprint density at radius 3 is 2.23 bits per heavy atom. The number of rotatable bonds is 4. The summed E-state index contributed by atoms with van der Waals surface area (Å²) in [6, 6.07) is 12.1. The molecule has 7 heteroatoms. The molecule has 3 rings (SSSR count). The number of halogens is 3. The fourth-order valence-corrected chi connectivity index (χ4v) is 2.89. The maximum absolute atomic E-state index is 13.0. The minimum absolute atomic E-state index is 0.00296. The Bertz CT molecular complexity index is 968. The molecule has 3 aromatic rings. The van der Waals surface area contributed by atoms with Gasteiger partial charge in [-0.05, 0) is 54.6 Å². The van der Waals surface area contributed by atoms with Gasteiger partial charge in [-0.25, -0.2) is 4.39 Å². The number of ether oxygens (including phenoxy) is 1. The summed E-state index contributed by atoms with van der Waals surface area (Å²) in [5.41, 5.74) is 6.25. The van der Waals surface area contributed by atoms with E-state index < -0.39 is 11.6 Å². The van der Waals surface area contributed by atoms with Crippen LogP contribution in [0.4, 0.5) is 10.1 Å². The second-order valence-corrected chi connectivity index (χ2v) is 6.25. The van der Waals surface area contributed by atoms with E-state index in [9.17, 15) is 14.3 Å². The van der Waals surface area contributed by atoms with Crippen molar-refractivity contribution >= 4 is 34.7 Å². The van der Waals surface area contributed by atoms with Crippen LogP contribution >= 0.6 is 23.2 Å². The van der Waals surface area contributed by atoms with Gasteiger partial charge in [-0.15, -0.1) is 0 Å². The van der Waals surface area contributed by atoms with Crippen LogP contribution in [0.2, 0.25) is 10.0 Å². The third-order valence-electron chi connectivity index (χ3n) is 3.56. The average molecular weight is 392 g/mol. The summed E-state index contributed by atoms with van der Waals surface area (Å²) in [4.78, 5) is 12.6. The molecule has 0 aliphatic carbocycles. The van der Waals surface area contributed by atoms with E-state index in [1.165, 1.54) is 54.6 Å². The first-order valence-electron chi connectivity index (χ1n) is 7.41. The summed E-state index contributed by atoms with van der Waals surface area (Å²) in [5, 5.41) is 10.4. The first-order chi connectivity index (χ1) is 12.3. The molecular weight excluding hydrogens is 380 g/mol. The summed E-state index contributed by atoms with van der Waals surface area (Å²) in [6.45, 7) is 0. The molecular formula is C19H12Cl2FNO3. The van der Waals surface area contributed by atoms with Gasteiger partial charge in [-0.3, -0.25) is 4.79 Å². The van der Waals surface area contributed by atoms with Crippen LogP contribution in [0.1, 0.15) is 15.9 Å². The average Bonchev–Trinajstić information content (AvgIpc) is 2.59. The maximum Gasteiger partial charge on any atom is 0.196 e. The second-order valence-electron chi connectivity index (χ2n) is 5.43. The SMILES string of the molecule is Nc1cc(Cl)c(Oc2ccc(O)c(C(=O)c3ccc(F)cc3)c2)c(Cl)c1. The molecule has 0 bridgehead atoms. The van der Waals surface area contributed by atoms with Crippen LogP contribution in [0.5, 0.6) is 17.2 Å². The van der Waals surface area contributed by atoms with Crippen molar-refractivity contribution in [2.75, 3.05) is 5.73 Å². The molecule has 132 valence electrons. The Morgan fingerprint density at radius 1 is 1.00 bits per heavy atom. The zero-order valence-corrected chi connectivity index (χ0v) is 14.7. The van der Waals surface area contributed by atoms with Gasteiger partial charge < -0.3 is 15.6 Å². The number of benzene rings is 3. The van der Waals surface area contributed by atoms with Gasteiger partial charge in [0, 0.05) is 11.3 Å². The number of nitrogen functional groups attached to an aromatic ring is 1. The fraction of sp³-hybridized carbons (Fsp3) is 0. The summed E-state index contributed by atoms with van der Waals surface area (Å²) in [7, 11) is 0. The molecule has 0 amide bonds.